The normalized spacial score (nSPS) is 14.7. The van der Waals surface area contributed by atoms with E-state index in [4.69, 9.17) is 12.2 Å². The minimum atomic E-state index is -0.395. The first-order valence-electron chi connectivity index (χ1n) is 10.3. The lowest BCUT2D eigenvalue weighted by Gasteiger charge is -2.14. The van der Waals surface area contributed by atoms with Crippen LogP contribution in [0, 0.1) is 6.92 Å². The van der Waals surface area contributed by atoms with Gasteiger partial charge in [0.05, 0.1) is 4.91 Å². The number of benzene rings is 1. The maximum atomic E-state index is 12.7. The van der Waals surface area contributed by atoms with Gasteiger partial charge >= 0.3 is 0 Å². The number of rotatable bonds is 8. The fourth-order valence-corrected chi connectivity index (χ4v) is 4.31. The molecule has 32 heavy (non-hydrogen) atoms. The minimum absolute atomic E-state index is 0.0721. The minimum Gasteiger partial charge on any atom is -0.293 e. The molecular formula is C23H24N4O3S2. The van der Waals surface area contributed by atoms with Gasteiger partial charge < -0.3 is 0 Å². The van der Waals surface area contributed by atoms with E-state index in [2.05, 4.69) is 15.8 Å². The van der Waals surface area contributed by atoms with Crippen molar-refractivity contribution in [2.75, 3.05) is 6.54 Å². The Morgan fingerprint density at radius 2 is 1.78 bits per heavy atom. The van der Waals surface area contributed by atoms with E-state index in [1.54, 1.807) is 17.0 Å². The first-order chi connectivity index (χ1) is 15.4. The molecule has 0 radical (unpaired) electrons. The third-order valence-electron chi connectivity index (χ3n) is 4.79. The van der Waals surface area contributed by atoms with Crippen LogP contribution < -0.4 is 10.9 Å². The number of hydrogen-bond acceptors (Lipinski definition) is 6. The van der Waals surface area contributed by atoms with Gasteiger partial charge in [-0.25, -0.2) is 0 Å². The quantitative estimate of drug-likeness (QED) is 0.266. The zero-order valence-electron chi connectivity index (χ0n) is 17.7. The summed E-state index contributed by atoms with van der Waals surface area (Å²) in [7, 11) is 0. The summed E-state index contributed by atoms with van der Waals surface area (Å²) in [5, 5.41) is 0. The zero-order chi connectivity index (χ0) is 22.9. The van der Waals surface area contributed by atoms with Gasteiger partial charge in [-0.3, -0.25) is 35.1 Å². The number of pyridine rings is 1. The Kier molecular flexibility index (Phi) is 8.52. The van der Waals surface area contributed by atoms with Crippen LogP contribution in [-0.4, -0.2) is 38.5 Å². The van der Waals surface area contributed by atoms with Crippen LogP contribution in [0.2, 0.25) is 0 Å². The second kappa shape index (κ2) is 11.5. The fraction of sp³-hybridized carbons (Fsp3) is 0.261. The van der Waals surface area contributed by atoms with E-state index in [0.29, 0.717) is 27.8 Å². The van der Waals surface area contributed by atoms with Crippen LogP contribution >= 0.6 is 24.0 Å². The lowest BCUT2D eigenvalue weighted by molar-refractivity contribution is -0.123. The second-order valence-electron chi connectivity index (χ2n) is 7.29. The van der Waals surface area contributed by atoms with E-state index in [1.165, 1.54) is 29.7 Å². The topological polar surface area (TPSA) is 91.4 Å². The van der Waals surface area contributed by atoms with Gasteiger partial charge in [0.1, 0.15) is 4.32 Å². The van der Waals surface area contributed by atoms with Crippen LogP contribution in [0.1, 0.15) is 47.2 Å². The van der Waals surface area contributed by atoms with Crippen molar-refractivity contribution >= 4 is 52.1 Å². The number of aromatic nitrogens is 1. The van der Waals surface area contributed by atoms with Gasteiger partial charge in [-0.2, -0.15) is 0 Å². The highest BCUT2D eigenvalue weighted by Crippen LogP contribution is 2.32. The van der Waals surface area contributed by atoms with Crippen LogP contribution in [-0.2, 0) is 9.59 Å². The fourth-order valence-electron chi connectivity index (χ4n) is 3.00. The first kappa shape index (κ1) is 23.6. The van der Waals surface area contributed by atoms with E-state index in [-0.39, 0.29) is 18.2 Å². The zero-order valence-corrected chi connectivity index (χ0v) is 19.3. The Bertz CT molecular complexity index is 1020. The first-order valence-corrected chi connectivity index (χ1v) is 11.5. The number of hydrazine groups is 1. The number of nitrogens with zero attached hydrogens (tertiary/aromatic N) is 2. The lowest BCUT2D eigenvalue weighted by atomic mass is 10.1. The molecule has 0 aliphatic carbocycles. The molecule has 0 spiro atoms. The Hall–Kier alpha value is -3.04. The van der Waals surface area contributed by atoms with Gasteiger partial charge in [-0.15, -0.1) is 0 Å². The van der Waals surface area contributed by atoms with Gasteiger partial charge in [0, 0.05) is 30.9 Å². The Morgan fingerprint density at radius 1 is 1.06 bits per heavy atom. The summed E-state index contributed by atoms with van der Waals surface area (Å²) in [6.07, 6.45) is 7.30. The number of amides is 3. The van der Waals surface area contributed by atoms with Gasteiger partial charge in [-0.1, -0.05) is 60.2 Å². The van der Waals surface area contributed by atoms with Crippen molar-refractivity contribution in [1.29, 1.82) is 0 Å². The smallest absolute Gasteiger partial charge is 0.269 e. The van der Waals surface area contributed by atoms with Gasteiger partial charge in [0.25, 0.3) is 11.8 Å². The lowest BCUT2D eigenvalue weighted by Crippen LogP contribution is -2.41. The summed E-state index contributed by atoms with van der Waals surface area (Å²) in [5.41, 5.74) is 7.34. The van der Waals surface area contributed by atoms with Crippen molar-refractivity contribution in [3.05, 3.63) is 70.4 Å². The maximum Gasteiger partial charge on any atom is 0.269 e. The monoisotopic (exact) mass is 468 g/mol. The molecule has 1 aromatic carbocycles. The van der Waals surface area contributed by atoms with Crippen molar-refractivity contribution in [2.24, 2.45) is 0 Å². The summed E-state index contributed by atoms with van der Waals surface area (Å²) in [6.45, 7) is 2.54. The summed E-state index contributed by atoms with van der Waals surface area (Å²) in [5.74, 6) is -0.731. The SMILES string of the molecule is Cc1ccc(/C=C2\SC(=S)N(CCCCCC(=O)NNC(=O)c3ccncc3)C2=O)cc1. The van der Waals surface area contributed by atoms with E-state index >= 15 is 0 Å². The highest BCUT2D eigenvalue weighted by Gasteiger charge is 2.31. The van der Waals surface area contributed by atoms with Crippen LogP contribution in [0.3, 0.4) is 0 Å². The molecule has 3 rings (SSSR count). The molecule has 9 heteroatoms. The largest absolute Gasteiger partial charge is 0.293 e. The van der Waals surface area contributed by atoms with Crippen molar-refractivity contribution in [2.45, 2.75) is 32.6 Å². The van der Waals surface area contributed by atoms with Crippen LogP contribution in [0.5, 0.6) is 0 Å². The average Bonchev–Trinajstić information content (AvgIpc) is 3.06. The predicted molar refractivity (Wildman–Crippen MR) is 129 cm³/mol. The number of unbranched alkanes of at least 4 members (excludes halogenated alkanes) is 2. The molecular weight excluding hydrogens is 444 g/mol. The third kappa shape index (κ3) is 6.73. The number of nitrogens with one attached hydrogen (secondary N) is 2. The molecule has 0 saturated carbocycles. The standard InChI is InChI=1S/C23H24N4O3S2/c1-16-6-8-17(9-7-16)15-19-22(30)27(23(31)32-19)14-4-2-3-5-20(28)25-26-21(29)18-10-12-24-13-11-18/h6-13,15H,2-5,14H2,1H3,(H,25,28)(H,26,29)/b19-15-. The molecule has 2 aromatic rings. The molecule has 1 aliphatic heterocycles. The van der Waals surface area contributed by atoms with Crippen LogP contribution in [0.4, 0.5) is 0 Å². The molecule has 2 N–H and O–H groups in total. The molecule has 1 aromatic heterocycles. The van der Waals surface area contributed by atoms with Crippen molar-refractivity contribution < 1.29 is 14.4 Å². The van der Waals surface area contributed by atoms with E-state index in [9.17, 15) is 14.4 Å². The number of carbonyl (C=O) groups is 3. The van der Waals surface area contributed by atoms with Crippen LogP contribution in [0.15, 0.2) is 53.7 Å². The van der Waals surface area contributed by atoms with Gasteiger partial charge in [0.15, 0.2) is 0 Å². The predicted octanol–water partition coefficient (Wildman–Crippen LogP) is 3.61. The molecule has 166 valence electrons. The molecule has 2 heterocycles. The number of thiocarbonyl (C=S) groups is 1. The summed E-state index contributed by atoms with van der Waals surface area (Å²) < 4.78 is 0.560. The summed E-state index contributed by atoms with van der Waals surface area (Å²) in [4.78, 5) is 42.5. The van der Waals surface area contributed by atoms with Crippen molar-refractivity contribution in [3.8, 4) is 0 Å². The Labute approximate surface area is 196 Å². The molecule has 1 saturated heterocycles. The molecule has 1 fully saturated rings. The molecule has 1 aliphatic rings. The highest BCUT2D eigenvalue weighted by atomic mass is 32.2. The Morgan fingerprint density at radius 3 is 2.50 bits per heavy atom. The maximum absolute atomic E-state index is 12.7. The number of aryl methyl sites for hydroxylation is 1. The van der Waals surface area contributed by atoms with Gasteiger partial charge in [-0.05, 0) is 43.5 Å². The van der Waals surface area contributed by atoms with Crippen molar-refractivity contribution in [1.82, 2.24) is 20.7 Å². The number of carbonyl (C=O) groups excluding carboxylic acids is 3. The molecule has 3 amide bonds. The van der Waals surface area contributed by atoms with E-state index < -0.39 is 5.91 Å². The van der Waals surface area contributed by atoms with Crippen LogP contribution in [0.25, 0.3) is 6.08 Å². The molecule has 0 atom stereocenters. The molecule has 0 unspecified atom stereocenters. The number of thioether (sulfide) groups is 1. The van der Waals surface area contributed by atoms with E-state index in [1.807, 2.05) is 37.3 Å². The molecule has 0 bridgehead atoms. The van der Waals surface area contributed by atoms with E-state index in [0.717, 1.165) is 18.4 Å². The Balaban J connectivity index is 1.36. The second-order valence-corrected chi connectivity index (χ2v) is 8.97. The van der Waals surface area contributed by atoms with Crippen molar-refractivity contribution in [3.63, 3.8) is 0 Å². The highest BCUT2D eigenvalue weighted by molar-refractivity contribution is 8.26. The summed E-state index contributed by atoms with van der Waals surface area (Å²) in [6, 6.07) is 11.1. The average molecular weight is 469 g/mol. The summed E-state index contributed by atoms with van der Waals surface area (Å²) >= 11 is 6.69. The molecule has 7 nitrogen and oxygen atoms in total. The van der Waals surface area contributed by atoms with Gasteiger partial charge in [0.2, 0.25) is 5.91 Å². The third-order valence-corrected chi connectivity index (χ3v) is 6.17. The number of hydrogen-bond donors (Lipinski definition) is 2.